The zero-order valence-corrected chi connectivity index (χ0v) is 14.3. The van der Waals surface area contributed by atoms with Crippen LogP contribution >= 0.6 is 0 Å². The quantitative estimate of drug-likeness (QED) is 0.774. The summed E-state index contributed by atoms with van der Waals surface area (Å²) in [4.78, 5) is 34.2. The third kappa shape index (κ3) is 2.89. The van der Waals surface area contributed by atoms with Crippen LogP contribution in [0.1, 0.15) is 28.2 Å². The molecule has 3 aromatic rings. The van der Waals surface area contributed by atoms with E-state index in [0.29, 0.717) is 47.4 Å². The smallest absolute Gasteiger partial charge is 0.255 e. The lowest BCUT2D eigenvalue weighted by atomic mass is 10.1. The van der Waals surface area contributed by atoms with Gasteiger partial charge in [-0.2, -0.15) is 0 Å². The Hall–Kier alpha value is -2.73. The molecule has 0 spiro atoms. The largest absolute Gasteiger partial charge is 0.464 e. The van der Waals surface area contributed by atoms with Crippen molar-refractivity contribution in [1.29, 1.82) is 0 Å². The SMILES string of the molecule is Cc1ccc2occ(CN3CCc4nc(C)[nH]c(=O)c4C3)c(=O)c2c1. The molecule has 1 N–H and O–H groups in total. The topological polar surface area (TPSA) is 79.2 Å². The predicted octanol–water partition coefficient (Wildman–Crippen LogP) is 2.05. The Morgan fingerprint density at radius 2 is 2.12 bits per heavy atom. The van der Waals surface area contributed by atoms with Crippen molar-refractivity contribution < 1.29 is 4.42 Å². The third-order valence-electron chi connectivity index (χ3n) is 4.66. The van der Waals surface area contributed by atoms with E-state index >= 15 is 0 Å². The summed E-state index contributed by atoms with van der Waals surface area (Å²) in [6.07, 6.45) is 2.24. The number of fused-ring (bicyclic) bond motifs is 2. The molecule has 2 aromatic heterocycles. The number of hydrogen-bond acceptors (Lipinski definition) is 5. The number of benzene rings is 1. The monoisotopic (exact) mass is 337 g/mol. The van der Waals surface area contributed by atoms with E-state index in [2.05, 4.69) is 14.9 Å². The van der Waals surface area contributed by atoms with Crippen LogP contribution in [0.15, 0.2) is 38.5 Å². The van der Waals surface area contributed by atoms with Gasteiger partial charge < -0.3 is 9.40 Å². The Bertz CT molecular complexity index is 1080. The Labute approximate surface area is 144 Å². The summed E-state index contributed by atoms with van der Waals surface area (Å²) >= 11 is 0. The van der Waals surface area contributed by atoms with E-state index in [9.17, 15) is 9.59 Å². The number of aromatic nitrogens is 2. The van der Waals surface area contributed by atoms with Crippen LogP contribution in [-0.4, -0.2) is 21.4 Å². The molecule has 4 rings (SSSR count). The molecule has 1 aliphatic rings. The molecular formula is C19H19N3O3. The number of rotatable bonds is 2. The lowest BCUT2D eigenvalue weighted by molar-refractivity contribution is 0.239. The number of H-pyrrole nitrogens is 1. The number of aryl methyl sites for hydroxylation is 2. The summed E-state index contributed by atoms with van der Waals surface area (Å²) in [5.74, 6) is 0.641. The van der Waals surface area contributed by atoms with Crippen LogP contribution < -0.4 is 11.0 Å². The molecule has 0 amide bonds. The predicted molar refractivity (Wildman–Crippen MR) is 94.6 cm³/mol. The molecule has 25 heavy (non-hydrogen) atoms. The summed E-state index contributed by atoms with van der Waals surface area (Å²) in [5.41, 5.74) is 3.69. The fourth-order valence-electron chi connectivity index (χ4n) is 3.38. The molecule has 0 saturated heterocycles. The van der Waals surface area contributed by atoms with Crippen molar-refractivity contribution in [2.45, 2.75) is 33.4 Å². The lowest BCUT2D eigenvalue weighted by Gasteiger charge is -2.27. The van der Waals surface area contributed by atoms with E-state index in [0.717, 1.165) is 17.8 Å². The summed E-state index contributed by atoms with van der Waals surface area (Å²) in [5, 5.41) is 0.602. The van der Waals surface area contributed by atoms with Gasteiger partial charge in [-0.3, -0.25) is 14.5 Å². The van der Waals surface area contributed by atoms with E-state index < -0.39 is 0 Å². The van der Waals surface area contributed by atoms with Crippen LogP contribution in [0.25, 0.3) is 11.0 Å². The molecule has 1 aromatic carbocycles. The van der Waals surface area contributed by atoms with E-state index in [1.807, 2.05) is 25.1 Å². The Kier molecular flexibility index (Phi) is 3.77. The van der Waals surface area contributed by atoms with Gasteiger partial charge in [0.15, 0.2) is 5.43 Å². The second-order valence-corrected chi connectivity index (χ2v) is 6.63. The zero-order chi connectivity index (χ0) is 17.6. The zero-order valence-electron chi connectivity index (χ0n) is 14.3. The van der Waals surface area contributed by atoms with Gasteiger partial charge in [0.05, 0.1) is 22.9 Å². The van der Waals surface area contributed by atoms with Crippen molar-refractivity contribution in [2.24, 2.45) is 0 Å². The minimum absolute atomic E-state index is 0.00770. The molecule has 0 aliphatic carbocycles. The first kappa shape index (κ1) is 15.8. The summed E-state index contributed by atoms with van der Waals surface area (Å²) in [6, 6.07) is 5.60. The van der Waals surface area contributed by atoms with Gasteiger partial charge in [0.2, 0.25) is 0 Å². The fraction of sp³-hybridized carbons (Fsp3) is 0.316. The van der Waals surface area contributed by atoms with Gasteiger partial charge in [-0.25, -0.2) is 4.98 Å². The lowest BCUT2D eigenvalue weighted by Crippen LogP contribution is -2.36. The number of aromatic amines is 1. The first-order valence-electron chi connectivity index (χ1n) is 8.33. The van der Waals surface area contributed by atoms with Gasteiger partial charge in [0.1, 0.15) is 11.4 Å². The molecule has 0 bridgehead atoms. The van der Waals surface area contributed by atoms with E-state index in [1.54, 1.807) is 6.92 Å². The molecule has 6 heteroatoms. The van der Waals surface area contributed by atoms with Crippen LogP contribution in [0, 0.1) is 13.8 Å². The minimum atomic E-state index is -0.0895. The van der Waals surface area contributed by atoms with Gasteiger partial charge in [-0.05, 0) is 26.0 Å². The minimum Gasteiger partial charge on any atom is -0.464 e. The first-order chi connectivity index (χ1) is 12.0. The number of nitrogens with one attached hydrogen (secondary N) is 1. The second-order valence-electron chi connectivity index (χ2n) is 6.63. The van der Waals surface area contributed by atoms with E-state index in [1.165, 1.54) is 6.26 Å². The Morgan fingerprint density at radius 3 is 2.96 bits per heavy atom. The molecular weight excluding hydrogens is 318 g/mol. The second kappa shape index (κ2) is 5.97. The molecule has 6 nitrogen and oxygen atoms in total. The number of nitrogens with zero attached hydrogens (tertiary/aromatic N) is 2. The maximum atomic E-state index is 12.7. The van der Waals surface area contributed by atoms with Gasteiger partial charge >= 0.3 is 0 Å². The van der Waals surface area contributed by atoms with Crippen LogP contribution in [0.3, 0.4) is 0 Å². The van der Waals surface area contributed by atoms with Crippen LogP contribution in [0.5, 0.6) is 0 Å². The number of hydrogen-bond donors (Lipinski definition) is 1. The van der Waals surface area contributed by atoms with Gasteiger partial charge in [0, 0.05) is 31.6 Å². The highest BCUT2D eigenvalue weighted by Crippen LogP contribution is 2.18. The van der Waals surface area contributed by atoms with E-state index in [-0.39, 0.29) is 11.0 Å². The standard InChI is InChI=1S/C19H19N3O3/c1-11-3-4-17-14(7-11)18(23)13(10-25-17)8-22-6-5-16-15(9-22)19(24)21-12(2)20-16/h3-4,7,10H,5-6,8-9H2,1-2H3,(H,20,21,24). The van der Waals surface area contributed by atoms with Crippen LogP contribution in [-0.2, 0) is 19.5 Å². The summed E-state index contributed by atoms with van der Waals surface area (Å²) < 4.78 is 5.62. The van der Waals surface area contributed by atoms with Crippen molar-refractivity contribution >= 4 is 11.0 Å². The Balaban J connectivity index is 1.65. The molecule has 0 atom stereocenters. The molecule has 128 valence electrons. The average Bonchev–Trinajstić information content (AvgIpc) is 2.58. The van der Waals surface area contributed by atoms with E-state index in [4.69, 9.17) is 4.42 Å². The summed E-state index contributed by atoms with van der Waals surface area (Å²) in [6.45, 7) is 5.45. The van der Waals surface area contributed by atoms with Crippen molar-refractivity contribution in [3.05, 3.63) is 73.2 Å². The molecule has 0 radical (unpaired) electrons. The molecule has 3 heterocycles. The highest BCUT2D eigenvalue weighted by Gasteiger charge is 2.22. The van der Waals surface area contributed by atoms with Gasteiger partial charge in [0.25, 0.3) is 5.56 Å². The van der Waals surface area contributed by atoms with Crippen molar-refractivity contribution in [1.82, 2.24) is 14.9 Å². The highest BCUT2D eigenvalue weighted by atomic mass is 16.3. The maximum Gasteiger partial charge on any atom is 0.255 e. The molecule has 0 fully saturated rings. The van der Waals surface area contributed by atoms with Crippen LogP contribution in [0.4, 0.5) is 0 Å². The summed E-state index contributed by atoms with van der Waals surface area (Å²) in [7, 11) is 0. The first-order valence-corrected chi connectivity index (χ1v) is 8.33. The van der Waals surface area contributed by atoms with Gasteiger partial charge in [-0.1, -0.05) is 11.6 Å². The van der Waals surface area contributed by atoms with Crippen molar-refractivity contribution in [3.8, 4) is 0 Å². The van der Waals surface area contributed by atoms with Crippen molar-refractivity contribution in [2.75, 3.05) is 6.54 Å². The van der Waals surface area contributed by atoms with Crippen molar-refractivity contribution in [3.63, 3.8) is 0 Å². The molecule has 0 saturated carbocycles. The highest BCUT2D eigenvalue weighted by molar-refractivity contribution is 5.77. The van der Waals surface area contributed by atoms with Crippen LogP contribution in [0.2, 0.25) is 0 Å². The molecule has 1 aliphatic heterocycles. The Morgan fingerprint density at radius 1 is 1.28 bits per heavy atom. The molecule has 0 unspecified atom stereocenters. The van der Waals surface area contributed by atoms with Gasteiger partial charge in [-0.15, -0.1) is 0 Å². The normalized spacial score (nSPS) is 14.6. The fourth-order valence-corrected chi connectivity index (χ4v) is 3.38. The maximum absolute atomic E-state index is 12.7. The third-order valence-corrected chi connectivity index (χ3v) is 4.66. The average molecular weight is 337 g/mol.